The number of likely N-dealkylation sites (tertiary alicyclic amines) is 1. The zero-order valence-corrected chi connectivity index (χ0v) is 22.6. The first-order valence-corrected chi connectivity index (χ1v) is 14.4. The summed E-state index contributed by atoms with van der Waals surface area (Å²) in [6, 6.07) is 6.08. The molecule has 13 heteroatoms. The first kappa shape index (κ1) is 27.3. The molecule has 1 amide bonds. The van der Waals surface area contributed by atoms with Crippen molar-refractivity contribution in [3.8, 4) is 0 Å². The number of carbonyl (C=O) groups excluding carboxylic acids is 1. The van der Waals surface area contributed by atoms with Gasteiger partial charge in [-0.05, 0) is 50.1 Å². The maximum atomic E-state index is 13.8. The zero-order chi connectivity index (χ0) is 27.7. The summed E-state index contributed by atoms with van der Waals surface area (Å²) < 4.78 is 56.2. The summed E-state index contributed by atoms with van der Waals surface area (Å²) in [5.74, 6) is 1.87. The smallest absolute Gasteiger partial charge is 0.416 e. The molecule has 5 rings (SSSR count). The van der Waals surface area contributed by atoms with E-state index in [0.717, 1.165) is 36.2 Å². The van der Waals surface area contributed by atoms with Crippen LogP contribution in [-0.4, -0.2) is 64.7 Å². The van der Waals surface area contributed by atoms with Crippen molar-refractivity contribution in [3.63, 3.8) is 0 Å². The number of alkyl halides is 3. The van der Waals surface area contributed by atoms with Gasteiger partial charge in [-0.15, -0.1) is 0 Å². The second-order valence-electron chi connectivity index (χ2n) is 9.81. The Hall–Kier alpha value is -3.27. The Bertz CT molecular complexity index is 1370. The highest BCUT2D eigenvalue weighted by atomic mass is 27.1. The molecule has 1 saturated heterocycles. The number of hydrogen-bond acceptors (Lipinski definition) is 7. The Morgan fingerprint density at radius 2 is 1.97 bits per heavy atom. The molecule has 1 radical (unpaired) electrons. The van der Waals surface area contributed by atoms with Crippen LogP contribution in [0, 0.1) is 5.82 Å². The Kier molecular flexibility index (Phi) is 7.76. The summed E-state index contributed by atoms with van der Waals surface area (Å²) in [6.45, 7) is 3.90. The minimum atomic E-state index is -4.66. The number of halogens is 4. The van der Waals surface area contributed by atoms with Crippen LogP contribution in [0.5, 0.6) is 0 Å². The highest BCUT2D eigenvalue weighted by Crippen LogP contribution is 2.33. The molecule has 0 unspecified atom stereocenters. The van der Waals surface area contributed by atoms with Crippen LogP contribution in [0.3, 0.4) is 0 Å². The van der Waals surface area contributed by atoms with E-state index < -0.39 is 17.6 Å². The monoisotopic (exact) mass is 556 g/mol. The van der Waals surface area contributed by atoms with Gasteiger partial charge in [0.2, 0.25) is 5.95 Å². The van der Waals surface area contributed by atoms with E-state index >= 15 is 0 Å². The second-order valence-corrected chi connectivity index (χ2v) is 10.7. The number of benzene rings is 1. The highest BCUT2D eigenvalue weighted by molar-refractivity contribution is 6.38. The van der Waals surface area contributed by atoms with Gasteiger partial charge in [-0.3, -0.25) is 9.69 Å². The summed E-state index contributed by atoms with van der Waals surface area (Å²) in [6.07, 6.45) is 0.253. The van der Waals surface area contributed by atoms with E-state index in [-0.39, 0.29) is 45.1 Å². The summed E-state index contributed by atoms with van der Waals surface area (Å²) >= 11 is 0.0262. The number of fused-ring (bicyclic) bond motifs is 1. The molecule has 2 N–H and O–H groups in total. The Morgan fingerprint density at radius 1 is 1.15 bits per heavy atom. The number of hydrogen-bond donors (Lipinski definition) is 2. The van der Waals surface area contributed by atoms with Gasteiger partial charge in [-0.2, -0.15) is 13.2 Å². The van der Waals surface area contributed by atoms with E-state index in [1.165, 1.54) is 0 Å². The van der Waals surface area contributed by atoms with Gasteiger partial charge in [-0.25, -0.2) is 19.3 Å². The van der Waals surface area contributed by atoms with E-state index in [1.54, 1.807) is 24.5 Å². The molecule has 0 aliphatic carbocycles. The largest absolute Gasteiger partial charge is 0.468 e. The average molecular weight is 557 g/mol. The van der Waals surface area contributed by atoms with Crippen LogP contribution in [0.2, 0.25) is 5.79 Å². The molecule has 3 aromatic rings. The lowest BCUT2D eigenvalue weighted by Gasteiger charge is -2.41. The lowest BCUT2D eigenvalue weighted by atomic mass is 9.96. The van der Waals surface area contributed by atoms with Gasteiger partial charge in [0.1, 0.15) is 11.6 Å². The van der Waals surface area contributed by atoms with E-state index in [0.29, 0.717) is 37.1 Å². The molecule has 2 aliphatic rings. The number of aromatic nitrogens is 3. The van der Waals surface area contributed by atoms with Crippen LogP contribution < -0.4 is 9.62 Å². The number of amides is 1. The van der Waals surface area contributed by atoms with Crippen molar-refractivity contribution in [2.24, 2.45) is 0 Å². The quantitative estimate of drug-likeness (QED) is 0.331. The molecule has 203 valence electrons. The van der Waals surface area contributed by atoms with Crippen LogP contribution in [0.1, 0.15) is 46.9 Å². The third-order valence-corrected chi connectivity index (χ3v) is 7.67. The molecule has 39 heavy (non-hydrogen) atoms. The topological polar surface area (TPSA) is 86.3 Å². The number of nitrogens with one attached hydrogen (secondary N) is 2. The summed E-state index contributed by atoms with van der Waals surface area (Å²) in [7, 11) is 0. The average Bonchev–Trinajstić information content (AvgIpc) is 3.31. The Labute approximate surface area is 229 Å². The van der Waals surface area contributed by atoms with Crippen molar-refractivity contribution in [1.82, 2.24) is 24.8 Å². The molecule has 8 nitrogen and oxygen atoms in total. The maximum Gasteiger partial charge on any atom is 0.416 e. The predicted molar refractivity (Wildman–Crippen MR) is 139 cm³/mol. The number of carbonyl (C=O) groups is 1. The van der Waals surface area contributed by atoms with Crippen molar-refractivity contribution in [2.45, 2.75) is 56.9 Å². The molecular formula is C26H27AlF4N7O. The molecule has 2 atom stereocenters. The third kappa shape index (κ3) is 6.16. The lowest BCUT2D eigenvalue weighted by molar-refractivity contribution is -0.137. The van der Waals surface area contributed by atoms with Crippen molar-refractivity contribution in [3.05, 3.63) is 70.9 Å². The van der Waals surface area contributed by atoms with Crippen LogP contribution >= 0.6 is 0 Å². The number of piperidine rings is 1. The number of rotatable bonds is 6. The van der Waals surface area contributed by atoms with Crippen LogP contribution in [0.15, 0.2) is 42.7 Å². The van der Waals surface area contributed by atoms with Crippen LogP contribution in [-0.2, 0) is 19.3 Å². The van der Waals surface area contributed by atoms with Gasteiger partial charge in [0.05, 0.1) is 11.3 Å². The first-order valence-electron chi connectivity index (χ1n) is 12.7. The Balaban J connectivity index is 1.22. The van der Waals surface area contributed by atoms with E-state index in [4.69, 9.17) is 0 Å². The molecule has 4 heterocycles. The summed E-state index contributed by atoms with van der Waals surface area (Å²) in [4.78, 5) is 30.4. The van der Waals surface area contributed by atoms with Gasteiger partial charge in [0, 0.05) is 60.9 Å². The van der Waals surface area contributed by atoms with E-state index in [9.17, 15) is 22.4 Å². The van der Waals surface area contributed by atoms with Gasteiger partial charge >= 0.3 is 21.6 Å². The standard InChI is InChI=1S/C25H24F4N7O.CH3.Al/c1-14-6-20(3-5-36(14)23(37)15-2-4-31-22(30)7-15)35-12-16-11-32-24(34-21(16)13-35)33-19-9-17(25(27,28)29)8-18(26)10-19;;/h2,4,7-11,14,20H,3,5-6,12-13H2,1H3,(H2-,30,31,32,33,34);1H3;/q-1;;+1/t14-,20+;;/m1../s1. The molecule has 0 spiro atoms. The molecule has 0 saturated carbocycles. The fraction of sp³-hybridized carbons (Fsp3) is 0.385. The van der Waals surface area contributed by atoms with Gasteiger partial charge in [-0.1, -0.05) is 5.79 Å². The minimum Gasteiger partial charge on any atom is -0.468 e. The fourth-order valence-corrected chi connectivity index (χ4v) is 5.64. The van der Waals surface area contributed by atoms with Gasteiger partial charge < -0.3 is 14.5 Å². The molecule has 1 aromatic carbocycles. The molecule has 1 fully saturated rings. The van der Waals surface area contributed by atoms with Crippen molar-refractivity contribution < 1.29 is 22.4 Å². The first-order chi connectivity index (χ1) is 18.6. The molecule has 2 aromatic heterocycles. The highest BCUT2D eigenvalue weighted by Gasteiger charge is 2.35. The summed E-state index contributed by atoms with van der Waals surface area (Å²) in [5.41, 5.74) is 1.18. The van der Waals surface area contributed by atoms with Crippen molar-refractivity contribution in [2.75, 3.05) is 16.2 Å². The SMILES string of the molecule is [CH3][Al][NH]c1cc(C(=O)N2CC[C@H](N3Cc4cnc(Nc5cc(F)cc(C(F)(F)F)c5)nc4C3)C[C@H]2C)ccn1. The molecular weight excluding hydrogens is 529 g/mol. The predicted octanol–water partition coefficient (Wildman–Crippen LogP) is 4.86. The number of pyridine rings is 1. The number of anilines is 3. The molecule has 0 bridgehead atoms. The third-order valence-electron chi connectivity index (χ3n) is 7.09. The second kappa shape index (κ2) is 11.1. The lowest BCUT2D eigenvalue weighted by Crippen LogP contribution is -2.50. The minimum absolute atomic E-state index is 0.00479. The maximum absolute atomic E-state index is 13.8. The fourth-order valence-electron chi connectivity index (χ4n) is 5.19. The van der Waals surface area contributed by atoms with Crippen LogP contribution in [0.4, 0.5) is 35.0 Å². The van der Waals surface area contributed by atoms with Crippen molar-refractivity contribution >= 4 is 38.8 Å². The van der Waals surface area contributed by atoms with Crippen molar-refractivity contribution in [1.29, 1.82) is 0 Å². The van der Waals surface area contributed by atoms with Crippen LogP contribution in [0.25, 0.3) is 0 Å². The molecule has 2 aliphatic heterocycles. The normalized spacial score (nSPS) is 19.5. The van der Waals surface area contributed by atoms with Gasteiger partial charge in [0.15, 0.2) is 0 Å². The van der Waals surface area contributed by atoms with E-state index in [1.807, 2.05) is 4.90 Å². The Morgan fingerprint density at radius 3 is 2.72 bits per heavy atom. The number of nitrogens with zero attached hydrogens (tertiary/aromatic N) is 5. The van der Waals surface area contributed by atoms with Gasteiger partial charge in [0.25, 0.3) is 5.91 Å². The zero-order valence-electron chi connectivity index (χ0n) is 21.5. The summed E-state index contributed by atoms with van der Waals surface area (Å²) in [5, 5.41) is 2.70. The van der Waals surface area contributed by atoms with E-state index in [2.05, 4.69) is 42.2 Å².